The average molecular weight is 447 g/mol. The zero-order valence-electron chi connectivity index (χ0n) is 18.1. The van der Waals surface area contributed by atoms with Crippen molar-refractivity contribution in [1.29, 1.82) is 0 Å². The van der Waals surface area contributed by atoms with Gasteiger partial charge in [-0.15, -0.1) is 0 Å². The SMILES string of the molecule is CN1C(=O)N(CC(=O)NCC(c2ccccc2Cl)N2CCCC2)C(=O)C12CCCCC2. The Morgan fingerprint density at radius 1 is 1.10 bits per heavy atom. The minimum absolute atomic E-state index is 0.0301. The van der Waals surface area contributed by atoms with Crippen molar-refractivity contribution in [3.05, 3.63) is 34.9 Å². The molecule has 2 heterocycles. The molecule has 1 atom stereocenters. The monoisotopic (exact) mass is 446 g/mol. The summed E-state index contributed by atoms with van der Waals surface area (Å²) in [7, 11) is 1.68. The van der Waals surface area contributed by atoms with Crippen molar-refractivity contribution in [1.82, 2.24) is 20.0 Å². The number of imide groups is 1. The molecule has 2 saturated heterocycles. The molecule has 0 aromatic heterocycles. The largest absolute Gasteiger partial charge is 0.353 e. The Balaban J connectivity index is 1.42. The number of hydrogen-bond donors (Lipinski definition) is 1. The van der Waals surface area contributed by atoms with E-state index in [1.807, 2.05) is 24.3 Å². The number of amides is 4. The fourth-order valence-corrected chi connectivity index (χ4v) is 5.58. The van der Waals surface area contributed by atoms with Crippen molar-refractivity contribution in [2.45, 2.75) is 56.5 Å². The van der Waals surface area contributed by atoms with Gasteiger partial charge in [-0.1, -0.05) is 49.1 Å². The molecule has 7 nitrogen and oxygen atoms in total. The van der Waals surface area contributed by atoms with E-state index in [1.54, 1.807) is 11.9 Å². The Morgan fingerprint density at radius 3 is 2.45 bits per heavy atom. The number of hydrogen-bond acceptors (Lipinski definition) is 4. The van der Waals surface area contributed by atoms with Gasteiger partial charge < -0.3 is 10.2 Å². The number of benzene rings is 1. The van der Waals surface area contributed by atoms with Gasteiger partial charge in [-0.05, 0) is 50.4 Å². The van der Waals surface area contributed by atoms with Crippen LogP contribution in [-0.2, 0) is 9.59 Å². The third-order valence-corrected chi connectivity index (χ3v) is 7.47. The number of urea groups is 1. The second-order valence-electron chi connectivity index (χ2n) is 8.91. The first kappa shape index (κ1) is 22.1. The van der Waals surface area contributed by atoms with Crippen LogP contribution in [0.5, 0.6) is 0 Å². The molecule has 1 aromatic carbocycles. The number of halogens is 1. The van der Waals surface area contributed by atoms with Gasteiger partial charge in [0.15, 0.2) is 0 Å². The molecule has 1 saturated carbocycles. The maximum Gasteiger partial charge on any atom is 0.327 e. The van der Waals surface area contributed by atoms with Crippen LogP contribution >= 0.6 is 11.6 Å². The summed E-state index contributed by atoms with van der Waals surface area (Å²) in [5.41, 5.74) is 0.228. The summed E-state index contributed by atoms with van der Waals surface area (Å²) in [6, 6.07) is 7.30. The van der Waals surface area contributed by atoms with Crippen molar-refractivity contribution in [2.24, 2.45) is 0 Å². The number of nitrogens with one attached hydrogen (secondary N) is 1. The predicted octanol–water partition coefficient (Wildman–Crippen LogP) is 3.19. The van der Waals surface area contributed by atoms with Gasteiger partial charge in [-0.3, -0.25) is 19.4 Å². The minimum Gasteiger partial charge on any atom is -0.353 e. The molecule has 4 rings (SSSR count). The first-order valence-corrected chi connectivity index (χ1v) is 11.7. The van der Waals surface area contributed by atoms with E-state index in [0.717, 1.165) is 55.7 Å². The summed E-state index contributed by atoms with van der Waals surface area (Å²) in [4.78, 5) is 43.7. The molecule has 1 unspecified atom stereocenters. The summed E-state index contributed by atoms with van der Waals surface area (Å²) in [5.74, 6) is -0.545. The highest BCUT2D eigenvalue weighted by Gasteiger charge is 2.55. The summed E-state index contributed by atoms with van der Waals surface area (Å²) in [5, 5.41) is 3.64. The van der Waals surface area contributed by atoms with Gasteiger partial charge in [-0.2, -0.15) is 0 Å². The van der Waals surface area contributed by atoms with Crippen LogP contribution in [0.3, 0.4) is 0 Å². The number of carbonyl (C=O) groups excluding carboxylic acids is 3. The predicted molar refractivity (Wildman–Crippen MR) is 119 cm³/mol. The Bertz CT molecular complexity index is 849. The number of carbonyl (C=O) groups is 3. The quantitative estimate of drug-likeness (QED) is 0.681. The fourth-order valence-electron chi connectivity index (χ4n) is 5.32. The number of rotatable bonds is 6. The molecule has 1 aromatic rings. The van der Waals surface area contributed by atoms with E-state index < -0.39 is 5.54 Å². The van der Waals surface area contributed by atoms with Gasteiger partial charge in [-0.25, -0.2) is 4.79 Å². The van der Waals surface area contributed by atoms with E-state index in [4.69, 9.17) is 11.6 Å². The van der Waals surface area contributed by atoms with Crippen LogP contribution in [0.2, 0.25) is 5.02 Å². The van der Waals surface area contributed by atoms with Crippen LogP contribution in [0.15, 0.2) is 24.3 Å². The highest BCUT2D eigenvalue weighted by atomic mass is 35.5. The molecule has 168 valence electrons. The van der Waals surface area contributed by atoms with Crippen molar-refractivity contribution in [2.75, 3.05) is 33.2 Å². The number of likely N-dealkylation sites (N-methyl/N-ethyl adjacent to an activating group) is 1. The topological polar surface area (TPSA) is 73.0 Å². The van der Waals surface area contributed by atoms with E-state index in [2.05, 4.69) is 10.2 Å². The van der Waals surface area contributed by atoms with Gasteiger partial charge in [0, 0.05) is 18.6 Å². The zero-order valence-corrected chi connectivity index (χ0v) is 18.9. The van der Waals surface area contributed by atoms with E-state index in [1.165, 1.54) is 0 Å². The maximum atomic E-state index is 13.1. The summed E-state index contributed by atoms with van der Waals surface area (Å²) in [6.45, 7) is 2.07. The molecule has 3 aliphatic rings. The Hall–Kier alpha value is -2.12. The van der Waals surface area contributed by atoms with E-state index in [0.29, 0.717) is 24.4 Å². The van der Waals surface area contributed by atoms with Gasteiger partial charge in [0.05, 0.1) is 6.04 Å². The van der Waals surface area contributed by atoms with Gasteiger partial charge in [0.2, 0.25) is 5.91 Å². The van der Waals surface area contributed by atoms with Crippen molar-refractivity contribution in [3.63, 3.8) is 0 Å². The zero-order chi connectivity index (χ0) is 22.0. The van der Waals surface area contributed by atoms with E-state index in [9.17, 15) is 14.4 Å². The molecule has 1 aliphatic carbocycles. The molecular formula is C23H31ClN4O3. The summed E-state index contributed by atoms with van der Waals surface area (Å²) >= 11 is 6.44. The fraction of sp³-hybridized carbons (Fsp3) is 0.609. The standard InChI is InChI=1S/C23H31ClN4O3/c1-26-22(31)28(21(30)23(26)11-5-2-6-12-23)16-20(29)25-15-19(27-13-7-8-14-27)17-9-3-4-10-18(17)24/h3-4,9-10,19H,2,5-8,11-16H2,1H3,(H,25,29). The van der Waals surface area contributed by atoms with Crippen molar-refractivity contribution >= 4 is 29.4 Å². The molecular weight excluding hydrogens is 416 g/mol. The molecule has 1 N–H and O–H groups in total. The smallest absolute Gasteiger partial charge is 0.327 e. The highest BCUT2D eigenvalue weighted by Crippen LogP contribution is 2.39. The molecule has 0 radical (unpaired) electrons. The van der Waals surface area contributed by atoms with Crippen molar-refractivity contribution in [3.8, 4) is 0 Å². The van der Waals surface area contributed by atoms with Crippen LogP contribution in [-0.4, -0.2) is 71.3 Å². The van der Waals surface area contributed by atoms with Gasteiger partial charge >= 0.3 is 6.03 Å². The van der Waals surface area contributed by atoms with Crippen LogP contribution in [0.1, 0.15) is 56.6 Å². The first-order valence-electron chi connectivity index (χ1n) is 11.3. The normalized spacial score (nSPS) is 22.4. The third-order valence-electron chi connectivity index (χ3n) is 7.12. The van der Waals surface area contributed by atoms with Crippen LogP contribution < -0.4 is 5.32 Å². The lowest BCUT2D eigenvalue weighted by molar-refractivity contribution is -0.137. The Labute approximate surface area is 188 Å². The van der Waals surface area contributed by atoms with Gasteiger partial charge in [0.25, 0.3) is 5.91 Å². The van der Waals surface area contributed by atoms with Crippen molar-refractivity contribution < 1.29 is 14.4 Å². The number of nitrogens with zero attached hydrogens (tertiary/aromatic N) is 3. The van der Waals surface area contributed by atoms with E-state index >= 15 is 0 Å². The molecule has 4 amide bonds. The summed E-state index contributed by atoms with van der Waals surface area (Å²) < 4.78 is 0. The van der Waals surface area contributed by atoms with E-state index in [-0.39, 0.29) is 30.4 Å². The lowest BCUT2D eigenvalue weighted by Gasteiger charge is -2.35. The second kappa shape index (κ2) is 9.17. The van der Waals surface area contributed by atoms with Crippen LogP contribution in [0.4, 0.5) is 4.79 Å². The molecule has 8 heteroatoms. The Morgan fingerprint density at radius 2 is 1.77 bits per heavy atom. The molecule has 1 spiro atoms. The first-order chi connectivity index (χ1) is 14.9. The molecule has 3 fully saturated rings. The highest BCUT2D eigenvalue weighted by molar-refractivity contribution is 6.31. The lowest BCUT2D eigenvalue weighted by atomic mass is 9.81. The third kappa shape index (κ3) is 4.17. The summed E-state index contributed by atoms with van der Waals surface area (Å²) in [6.07, 6.45) is 6.54. The molecule has 31 heavy (non-hydrogen) atoms. The second-order valence-corrected chi connectivity index (χ2v) is 9.32. The number of likely N-dealkylation sites (tertiary alicyclic amines) is 1. The minimum atomic E-state index is -0.759. The molecule has 2 aliphatic heterocycles. The van der Waals surface area contributed by atoms with Crippen LogP contribution in [0, 0.1) is 0 Å². The lowest BCUT2D eigenvalue weighted by Crippen LogP contribution is -2.49. The maximum absolute atomic E-state index is 13.1. The van der Waals surface area contributed by atoms with Crippen LogP contribution in [0.25, 0.3) is 0 Å². The Kier molecular flexibility index (Phi) is 6.53. The molecule has 0 bridgehead atoms. The van der Waals surface area contributed by atoms with Gasteiger partial charge in [0.1, 0.15) is 12.1 Å². The average Bonchev–Trinajstić information content (AvgIpc) is 3.36.